The van der Waals surface area contributed by atoms with Crippen molar-refractivity contribution in [3.05, 3.63) is 12.3 Å². The Kier molecular flexibility index (Phi) is 2.38. The van der Waals surface area contributed by atoms with Gasteiger partial charge < -0.3 is 4.74 Å². The zero-order valence-electron chi connectivity index (χ0n) is 8.84. The molecule has 2 fully saturated rings. The summed E-state index contributed by atoms with van der Waals surface area (Å²) in [6.07, 6.45) is 5.76. The Balaban J connectivity index is 2.18. The maximum atomic E-state index is 12.2. The third-order valence-electron chi connectivity index (χ3n) is 3.59. The highest BCUT2D eigenvalue weighted by Gasteiger charge is 2.48. The van der Waals surface area contributed by atoms with Crippen molar-refractivity contribution in [3.63, 3.8) is 0 Å². The molecule has 0 amide bonds. The van der Waals surface area contributed by atoms with Crippen molar-refractivity contribution in [2.24, 2.45) is 5.92 Å². The largest absolute Gasteiger partial charge is 0.484 e. The van der Waals surface area contributed by atoms with Gasteiger partial charge in [0.25, 0.3) is 0 Å². The van der Waals surface area contributed by atoms with E-state index in [1.165, 1.54) is 0 Å². The lowest BCUT2D eigenvalue weighted by Gasteiger charge is -2.35. The topological polar surface area (TPSA) is 26.3 Å². The second-order valence-electron chi connectivity index (χ2n) is 4.50. The first-order valence-corrected chi connectivity index (χ1v) is 5.59. The van der Waals surface area contributed by atoms with Gasteiger partial charge in [-0.3, -0.25) is 4.79 Å². The van der Waals surface area contributed by atoms with Crippen LogP contribution >= 0.6 is 0 Å². The van der Waals surface area contributed by atoms with Crippen LogP contribution in [0.5, 0.6) is 0 Å². The normalized spacial score (nSPS) is 37.6. The Bertz CT molecular complexity index is 269. The molecule has 78 valence electrons. The highest BCUT2D eigenvalue weighted by molar-refractivity contribution is 5.90. The number of hydrogen-bond donors (Lipinski definition) is 0. The highest BCUT2D eigenvalue weighted by Crippen LogP contribution is 2.43. The van der Waals surface area contributed by atoms with Crippen LogP contribution in [-0.2, 0) is 9.53 Å². The van der Waals surface area contributed by atoms with Gasteiger partial charge in [-0.05, 0) is 25.7 Å². The van der Waals surface area contributed by atoms with Crippen LogP contribution in [0.3, 0.4) is 0 Å². The molecular formula is C12H18O2. The van der Waals surface area contributed by atoms with E-state index in [2.05, 4.69) is 13.5 Å². The van der Waals surface area contributed by atoms with E-state index < -0.39 is 5.60 Å². The van der Waals surface area contributed by atoms with E-state index in [0.717, 1.165) is 44.3 Å². The van der Waals surface area contributed by atoms with Gasteiger partial charge in [0.05, 0.1) is 5.76 Å². The van der Waals surface area contributed by atoms with Gasteiger partial charge in [0.2, 0.25) is 0 Å². The number of allylic oxidation sites excluding steroid dienone is 1. The second kappa shape index (κ2) is 3.41. The Morgan fingerprint density at radius 1 is 1.57 bits per heavy atom. The van der Waals surface area contributed by atoms with Gasteiger partial charge >= 0.3 is 0 Å². The molecule has 2 unspecified atom stereocenters. The van der Waals surface area contributed by atoms with E-state index in [4.69, 9.17) is 4.74 Å². The van der Waals surface area contributed by atoms with Crippen molar-refractivity contribution in [1.82, 2.24) is 0 Å². The molecule has 0 radical (unpaired) electrons. The summed E-state index contributed by atoms with van der Waals surface area (Å²) < 4.78 is 5.69. The molecule has 2 rings (SSSR count). The quantitative estimate of drug-likeness (QED) is 0.641. The number of Topliss-reactive ketones (excluding diaryl/α,β-unsaturated/α-hetero) is 1. The lowest BCUT2D eigenvalue weighted by molar-refractivity contribution is -0.145. The highest BCUT2D eigenvalue weighted by atomic mass is 16.5. The maximum Gasteiger partial charge on any atom is 0.179 e. The fourth-order valence-electron chi connectivity index (χ4n) is 2.72. The van der Waals surface area contributed by atoms with Crippen molar-refractivity contribution in [2.75, 3.05) is 0 Å². The van der Waals surface area contributed by atoms with Gasteiger partial charge in [-0.1, -0.05) is 13.5 Å². The molecule has 1 saturated carbocycles. The Hall–Kier alpha value is -0.790. The van der Waals surface area contributed by atoms with E-state index in [1.807, 2.05) is 0 Å². The summed E-state index contributed by atoms with van der Waals surface area (Å²) in [4.78, 5) is 12.2. The summed E-state index contributed by atoms with van der Waals surface area (Å²) in [6.45, 7) is 5.90. The molecule has 0 aromatic carbocycles. The first-order chi connectivity index (χ1) is 6.68. The van der Waals surface area contributed by atoms with Crippen LogP contribution in [0.1, 0.15) is 45.4 Å². The van der Waals surface area contributed by atoms with Crippen LogP contribution in [0.15, 0.2) is 12.3 Å². The van der Waals surface area contributed by atoms with Gasteiger partial charge in [0.1, 0.15) is 0 Å². The van der Waals surface area contributed by atoms with Crippen LogP contribution in [0.4, 0.5) is 0 Å². The van der Waals surface area contributed by atoms with E-state index >= 15 is 0 Å². The number of ketones is 1. The number of carbonyl (C=O) groups is 1. The maximum absolute atomic E-state index is 12.2. The van der Waals surface area contributed by atoms with Crippen LogP contribution in [-0.4, -0.2) is 11.4 Å². The number of carbonyl (C=O) groups excluding carboxylic acids is 1. The van der Waals surface area contributed by atoms with Crippen molar-refractivity contribution in [2.45, 2.75) is 51.0 Å². The molecule has 0 aromatic heterocycles. The summed E-state index contributed by atoms with van der Waals surface area (Å²) >= 11 is 0. The predicted octanol–water partition coefficient (Wildman–Crippen LogP) is 2.83. The molecule has 1 aliphatic heterocycles. The van der Waals surface area contributed by atoms with E-state index in [1.54, 1.807) is 0 Å². The zero-order chi connectivity index (χ0) is 10.2. The molecule has 0 aromatic rings. The molecule has 14 heavy (non-hydrogen) atoms. The zero-order valence-corrected chi connectivity index (χ0v) is 8.84. The van der Waals surface area contributed by atoms with Crippen molar-refractivity contribution < 1.29 is 9.53 Å². The molecule has 2 nitrogen and oxygen atoms in total. The summed E-state index contributed by atoms with van der Waals surface area (Å²) in [5.41, 5.74) is -0.462. The monoisotopic (exact) mass is 194 g/mol. The van der Waals surface area contributed by atoms with Gasteiger partial charge in [-0.2, -0.15) is 0 Å². The fourth-order valence-corrected chi connectivity index (χ4v) is 2.72. The SMILES string of the molecule is C=C1CCC2(CCCC(CC)C2=O)O1. The van der Waals surface area contributed by atoms with Crippen molar-refractivity contribution >= 4 is 5.78 Å². The molecule has 2 atom stereocenters. The molecule has 0 N–H and O–H groups in total. The van der Waals surface area contributed by atoms with Crippen molar-refractivity contribution in [1.29, 1.82) is 0 Å². The molecule has 2 aliphatic rings. The summed E-state index contributed by atoms with van der Waals surface area (Å²) in [6, 6.07) is 0. The standard InChI is InChI=1S/C12H18O2/c1-3-10-5-4-7-12(11(10)13)8-6-9(2)14-12/h10H,2-8H2,1H3. The van der Waals surface area contributed by atoms with E-state index in [0.29, 0.717) is 5.78 Å². The minimum Gasteiger partial charge on any atom is -0.484 e. The third kappa shape index (κ3) is 1.37. The summed E-state index contributed by atoms with van der Waals surface area (Å²) in [7, 11) is 0. The van der Waals surface area contributed by atoms with Crippen LogP contribution in [0.2, 0.25) is 0 Å². The number of rotatable bonds is 1. The first-order valence-electron chi connectivity index (χ1n) is 5.59. The lowest BCUT2D eigenvalue weighted by Crippen LogP contribution is -2.45. The van der Waals surface area contributed by atoms with Crippen LogP contribution in [0, 0.1) is 5.92 Å². The van der Waals surface area contributed by atoms with Gasteiger partial charge in [-0.25, -0.2) is 0 Å². The van der Waals surface area contributed by atoms with Gasteiger partial charge in [0, 0.05) is 18.8 Å². The van der Waals surface area contributed by atoms with Gasteiger partial charge in [-0.15, -0.1) is 0 Å². The third-order valence-corrected chi connectivity index (χ3v) is 3.59. The Morgan fingerprint density at radius 2 is 2.36 bits per heavy atom. The molecule has 2 heteroatoms. The average molecular weight is 194 g/mol. The van der Waals surface area contributed by atoms with Crippen molar-refractivity contribution in [3.8, 4) is 0 Å². The first kappa shape index (κ1) is 9.75. The number of ether oxygens (including phenoxy) is 1. The lowest BCUT2D eigenvalue weighted by atomic mass is 9.74. The molecule has 1 saturated heterocycles. The number of hydrogen-bond acceptors (Lipinski definition) is 2. The van der Waals surface area contributed by atoms with Gasteiger partial charge in [0.15, 0.2) is 11.4 Å². The summed E-state index contributed by atoms with van der Waals surface area (Å²) in [5, 5.41) is 0. The molecule has 1 aliphatic carbocycles. The van der Waals surface area contributed by atoms with Crippen LogP contribution < -0.4 is 0 Å². The molecule has 1 spiro atoms. The Morgan fingerprint density at radius 3 is 2.93 bits per heavy atom. The van der Waals surface area contributed by atoms with E-state index in [9.17, 15) is 4.79 Å². The smallest absolute Gasteiger partial charge is 0.179 e. The minimum absolute atomic E-state index is 0.231. The molecule has 0 bridgehead atoms. The summed E-state index contributed by atoms with van der Waals surface area (Å²) in [5.74, 6) is 1.37. The van der Waals surface area contributed by atoms with E-state index in [-0.39, 0.29) is 5.92 Å². The predicted molar refractivity (Wildman–Crippen MR) is 54.8 cm³/mol. The Labute approximate surface area is 85.3 Å². The molecule has 1 heterocycles. The second-order valence-corrected chi connectivity index (χ2v) is 4.50. The average Bonchev–Trinajstić information content (AvgIpc) is 2.54. The minimum atomic E-state index is -0.462. The molecular weight excluding hydrogens is 176 g/mol. The van der Waals surface area contributed by atoms with Crippen LogP contribution in [0.25, 0.3) is 0 Å². The fraction of sp³-hybridized carbons (Fsp3) is 0.750.